The number of nitrogens with zero attached hydrogens (tertiary/aromatic N) is 1. The van der Waals surface area contributed by atoms with Crippen LogP contribution in [0.4, 0.5) is 20.2 Å². The highest BCUT2D eigenvalue weighted by atomic mass is 32.2. The summed E-state index contributed by atoms with van der Waals surface area (Å²) in [6.45, 7) is 1.70. The Labute approximate surface area is 142 Å². The topological polar surface area (TPSA) is 64.9 Å². The van der Waals surface area contributed by atoms with Crippen molar-refractivity contribution in [2.75, 3.05) is 10.6 Å². The highest BCUT2D eigenvalue weighted by Crippen LogP contribution is 2.26. The van der Waals surface area contributed by atoms with Crippen LogP contribution in [0.15, 0.2) is 53.4 Å². The second-order valence-corrected chi connectivity index (χ2v) is 6.01. The van der Waals surface area contributed by atoms with Crippen LogP contribution in [0.2, 0.25) is 0 Å². The summed E-state index contributed by atoms with van der Waals surface area (Å²) in [7, 11) is 0. The fraction of sp³-hybridized carbons (Fsp3) is 0.176. The lowest BCUT2D eigenvalue weighted by Gasteiger charge is -2.15. The van der Waals surface area contributed by atoms with E-state index in [-0.39, 0.29) is 5.91 Å². The van der Waals surface area contributed by atoms with E-state index < -0.39 is 11.8 Å². The Bertz CT molecular complexity index is 727. The fourth-order valence-electron chi connectivity index (χ4n) is 1.93. The Morgan fingerprint density at radius 2 is 1.67 bits per heavy atom. The number of benzene rings is 2. The molecule has 2 aromatic carbocycles. The molecule has 1 amide bonds. The average molecular weight is 347 g/mol. The van der Waals surface area contributed by atoms with E-state index in [1.807, 2.05) is 6.07 Å². The number of amides is 1. The van der Waals surface area contributed by atoms with Gasteiger partial charge < -0.3 is 10.6 Å². The third kappa shape index (κ3) is 5.25. The van der Waals surface area contributed by atoms with Crippen LogP contribution in [0.1, 0.15) is 12.5 Å². The number of carbonyl (C=O) groups excluding carboxylic acids is 1. The van der Waals surface area contributed by atoms with E-state index in [2.05, 4.69) is 10.6 Å². The molecule has 0 aromatic heterocycles. The quantitative estimate of drug-likeness (QED) is 0.764. The summed E-state index contributed by atoms with van der Waals surface area (Å²) in [5, 5.41) is 14.5. The SMILES string of the molecule is C[C@H](Nc1ccc(SC(F)F)cc1)C(=O)Nc1ccc(C#N)cc1. The first-order valence-corrected chi connectivity index (χ1v) is 7.98. The molecule has 1 atom stereocenters. The third-order valence-electron chi connectivity index (χ3n) is 3.14. The minimum atomic E-state index is -2.46. The van der Waals surface area contributed by atoms with Gasteiger partial charge in [0, 0.05) is 16.3 Å². The van der Waals surface area contributed by atoms with E-state index in [1.165, 1.54) is 0 Å². The fourth-order valence-corrected chi connectivity index (χ4v) is 2.43. The molecular weight excluding hydrogens is 332 g/mol. The van der Waals surface area contributed by atoms with Crippen LogP contribution in [0, 0.1) is 11.3 Å². The maximum absolute atomic E-state index is 12.3. The summed E-state index contributed by atoms with van der Waals surface area (Å²) in [4.78, 5) is 12.6. The Kier molecular flexibility index (Phi) is 6.15. The summed E-state index contributed by atoms with van der Waals surface area (Å²) in [5.41, 5.74) is 1.77. The number of thioether (sulfide) groups is 1. The van der Waals surface area contributed by atoms with Crippen LogP contribution in [0.25, 0.3) is 0 Å². The predicted molar refractivity (Wildman–Crippen MR) is 91.2 cm³/mol. The van der Waals surface area contributed by atoms with Gasteiger partial charge in [-0.05, 0) is 55.5 Å². The van der Waals surface area contributed by atoms with Gasteiger partial charge >= 0.3 is 0 Å². The smallest absolute Gasteiger partial charge is 0.288 e. The number of nitrogens with one attached hydrogen (secondary N) is 2. The van der Waals surface area contributed by atoms with Gasteiger partial charge in [0.05, 0.1) is 11.6 Å². The van der Waals surface area contributed by atoms with Gasteiger partial charge in [-0.1, -0.05) is 11.8 Å². The average Bonchev–Trinajstić information content (AvgIpc) is 2.56. The molecule has 124 valence electrons. The van der Waals surface area contributed by atoms with Crippen LogP contribution < -0.4 is 10.6 Å². The van der Waals surface area contributed by atoms with E-state index in [0.29, 0.717) is 33.6 Å². The molecule has 0 saturated carbocycles. The van der Waals surface area contributed by atoms with Crippen molar-refractivity contribution >= 4 is 29.0 Å². The minimum Gasteiger partial charge on any atom is -0.374 e. The van der Waals surface area contributed by atoms with Gasteiger partial charge in [-0.3, -0.25) is 4.79 Å². The van der Waals surface area contributed by atoms with E-state index in [9.17, 15) is 13.6 Å². The van der Waals surface area contributed by atoms with Crippen molar-refractivity contribution in [2.24, 2.45) is 0 Å². The Hall–Kier alpha value is -2.59. The first kappa shape index (κ1) is 17.8. The van der Waals surface area contributed by atoms with Crippen LogP contribution in [-0.2, 0) is 4.79 Å². The molecule has 2 rings (SSSR count). The van der Waals surface area contributed by atoms with Crippen molar-refractivity contribution in [1.82, 2.24) is 0 Å². The highest BCUT2D eigenvalue weighted by Gasteiger charge is 2.13. The van der Waals surface area contributed by atoms with Gasteiger partial charge in [0.2, 0.25) is 5.91 Å². The molecule has 0 heterocycles. The number of nitriles is 1. The molecule has 0 unspecified atom stereocenters. The summed E-state index contributed by atoms with van der Waals surface area (Å²) in [5.74, 6) is -2.70. The molecule has 24 heavy (non-hydrogen) atoms. The normalized spacial score (nSPS) is 11.6. The lowest BCUT2D eigenvalue weighted by molar-refractivity contribution is -0.116. The maximum Gasteiger partial charge on any atom is 0.288 e. The zero-order valence-electron chi connectivity index (χ0n) is 12.8. The van der Waals surface area contributed by atoms with Crippen molar-refractivity contribution in [1.29, 1.82) is 5.26 Å². The number of alkyl halides is 2. The van der Waals surface area contributed by atoms with E-state index in [1.54, 1.807) is 55.5 Å². The zero-order chi connectivity index (χ0) is 17.5. The van der Waals surface area contributed by atoms with Crippen LogP contribution in [0.5, 0.6) is 0 Å². The molecule has 2 N–H and O–H groups in total. The number of hydrogen-bond donors (Lipinski definition) is 2. The Morgan fingerprint density at radius 3 is 2.21 bits per heavy atom. The molecule has 0 saturated heterocycles. The number of anilines is 2. The van der Waals surface area contributed by atoms with Crippen molar-refractivity contribution < 1.29 is 13.6 Å². The standard InChI is InChI=1S/C17H15F2N3OS/c1-11(16(23)22-14-4-2-12(10-20)3-5-14)21-13-6-8-15(9-7-13)24-17(18)19/h2-9,11,17,21H,1H3,(H,22,23)/t11-/m0/s1. The molecule has 7 heteroatoms. The maximum atomic E-state index is 12.3. The van der Waals surface area contributed by atoms with E-state index in [4.69, 9.17) is 5.26 Å². The third-order valence-corrected chi connectivity index (χ3v) is 3.86. The van der Waals surface area contributed by atoms with Gasteiger partial charge in [0.25, 0.3) is 5.76 Å². The second-order valence-electron chi connectivity index (χ2n) is 4.95. The lowest BCUT2D eigenvalue weighted by atomic mass is 10.2. The minimum absolute atomic E-state index is 0.245. The molecule has 0 spiro atoms. The lowest BCUT2D eigenvalue weighted by Crippen LogP contribution is -2.31. The molecule has 4 nitrogen and oxygen atoms in total. The van der Waals surface area contributed by atoms with Crippen molar-refractivity contribution in [2.45, 2.75) is 23.6 Å². The second kappa shape index (κ2) is 8.31. The number of hydrogen-bond acceptors (Lipinski definition) is 4. The molecule has 0 aliphatic carbocycles. The van der Waals surface area contributed by atoms with E-state index in [0.717, 1.165) is 0 Å². The molecule has 0 bridgehead atoms. The Balaban J connectivity index is 1.92. The van der Waals surface area contributed by atoms with Gasteiger partial charge in [0.1, 0.15) is 6.04 Å². The van der Waals surface area contributed by atoms with E-state index >= 15 is 0 Å². The van der Waals surface area contributed by atoms with Crippen molar-refractivity contribution in [3.05, 3.63) is 54.1 Å². The summed E-state index contributed by atoms with van der Waals surface area (Å²) < 4.78 is 24.5. The highest BCUT2D eigenvalue weighted by molar-refractivity contribution is 7.99. The van der Waals surface area contributed by atoms with Crippen LogP contribution in [0.3, 0.4) is 0 Å². The largest absolute Gasteiger partial charge is 0.374 e. The molecule has 0 aliphatic heterocycles. The molecule has 2 aromatic rings. The molecule has 0 radical (unpaired) electrons. The summed E-state index contributed by atoms with van der Waals surface area (Å²) >= 11 is 0.474. The van der Waals surface area contributed by atoms with Crippen LogP contribution in [-0.4, -0.2) is 17.7 Å². The zero-order valence-corrected chi connectivity index (χ0v) is 13.6. The monoisotopic (exact) mass is 347 g/mol. The van der Waals surface area contributed by atoms with Gasteiger partial charge in [-0.2, -0.15) is 14.0 Å². The van der Waals surface area contributed by atoms with Gasteiger partial charge in [-0.15, -0.1) is 0 Å². The molecular formula is C17H15F2N3OS. The van der Waals surface area contributed by atoms with Crippen LogP contribution >= 0.6 is 11.8 Å². The summed E-state index contributed by atoms with van der Waals surface area (Å²) in [6, 6.07) is 14.5. The Morgan fingerprint density at radius 1 is 1.08 bits per heavy atom. The van der Waals surface area contributed by atoms with Gasteiger partial charge in [0.15, 0.2) is 0 Å². The molecule has 0 aliphatic rings. The number of halogens is 2. The van der Waals surface area contributed by atoms with Crippen molar-refractivity contribution in [3.8, 4) is 6.07 Å². The predicted octanol–water partition coefficient (Wildman–Crippen LogP) is 4.31. The number of carbonyl (C=O) groups is 1. The first-order valence-electron chi connectivity index (χ1n) is 7.10. The number of rotatable bonds is 6. The van der Waals surface area contributed by atoms with Crippen molar-refractivity contribution in [3.63, 3.8) is 0 Å². The van der Waals surface area contributed by atoms with Gasteiger partial charge in [-0.25, -0.2) is 0 Å². The first-order chi connectivity index (χ1) is 11.5. The summed E-state index contributed by atoms with van der Waals surface area (Å²) in [6.07, 6.45) is 0. The molecule has 0 fully saturated rings.